The van der Waals surface area contributed by atoms with Gasteiger partial charge >= 0.3 is 6.18 Å². The molecule has 0 atom stereocenters. The Morgan fingerprint density at radius 1 is 0.722 bits per heavy atom. The number of halogens is 3. The normalized spacial score (nSPS) is 11.3. The van der Waals surface area contributed by atoms with Crippen LogP contribution in [0.4, 0.5) is 13.2 Å². The molecule has 0 aliphatic rings. The van der Waals surface area contributed by atoms with Crippen molar-refractivity contribution in [2.75, 3.05) is 18.8 Å². The van der Waals surface area contributed by atoms with Crippen molar-refractivity contribution in [2.24, 2.45) is 0 Å². The molecule has 0 fully saturated rings. The molecule has 0 aliphatic carbocycles. The highest BCUT2D eigenvalue weighted by atomic mass is 32.2. The van der Waals surface area contributed by atoms with Crippen LogP contribution in [0.15, 0.2) is 0 Å². The van der Waals surface area contributed by atoms with Crippen LogP contribution in [-0.4, -0.2) is 24.9 Å². The molecule has 112 valence electrons. The summed E-state index contributed by atoms with van der Waals surface area (Å²) in [6.45, 7) is 2.16. The monoisotopic (exact) mass is 287 g/mol. The first-order valence-electron chi connectivity index (χ1n) is 6.85. The lowest BCUT2D eigenvalue weighted by atomic mass is 10.1. The zero-order valence-electron chi connectivity index (χ0n) is 12.4. The predicted molar refractivity (Wildman–Crippen MR) is 78.4 cm³/mol. The first-order chi connectivity index (χ1) is 8.29. The van der Waals surface area contributed by atoms with Gasteiger partial charge in [-0.2, -0.15) is 13.2 Å². The van der Waals surface area contributed by atoms with E-state index in [9.17, 15) is 13.2 Å². The quantitative estimate of drug-likeness (QED) is 0.404. The summed E-state index contributed by atoms with van der Waals surface area (Å²) in [6, 6.07) is 0. The van der Waals surface area contributed by atoms with Crippen LogP contribution >= 0.6 is 0 Å². The van der Waals surface area contributed by atoms with Gasteiger partial charge in [-0.15, -0.1) is 0 Å². The van der Waals surface area contributed by atoms with Gasteiger partial charge in [0, 0.05) is 6.42 Å². The van der Waals surface area contributed by atoms with E-state index in [2.05, 4.69) is 25.7 Å². The zero-order chi connectivity index (χ0) is 14.4. The molecule has 0 saturated carbocycles. The van der Waals surface area contributed by atoms with Crippen molar-refractivity contribution in [2.45, 2.75) is 70.9 Å². The summed E-state index contributed by atoms with van der Waals surface area (Å²) in [4.78, 5) is 0. The van der Waals surface area contributed by atoms with Gasteiger partial charge in [0.1, 0.15) is 0 Å². The minimum atomic E-state index is -3.96. The molecule has 0 amide bonds. The average molecular weight is 287 g/mol. The van der Waals surface area contributed by atoms with Gasteiger partial charge < -0.3 is 0 Å². The molecule has 0 aromatic rings. The lowest BCUT2D eigenvalue weighted by molar-refractivity contribution is -0.135. The molecular formula is C14H30F3S+. The van der Waals surface area contributed by atoms with Crippen molar-refractivity contribution in [3.63, 3.8) is 0 Å². The van der Waals surface area contributed by atoms with Crippen LogP contribution in [0.1, 0.15) is 64.7 Å². The molecular weight excluding hydrogens is 257 g/mol. The molecule has 0 spiro atoms. The highest BCUT2D eigenvalue weighted by Crippen LogP contribution is 2.23. The fraction of sp³-hybridized carbons (Fsp3) is 1.00. The Morgan fingerprint density at radius 3 is 1.39 bits per heavy atom. The Kier molecular flexibility index (Phi) is 15.4. The van der Waals surface area contributed by atoms with E-state index in [1.54, 1.807) is 0 Å². The maximum Gasteiger partial charge on any atom is 0.389 e. The van der Waals surface area contributed by atoms with Crippen LogP contribution < -0.4 is 0 Å². The van der Waals surface area contributed by atoms with E-state index in [0.29, 0.717) is 17.3 Å². The van der Waals surface area contributed by atoms with Gasteiger partial charge in [0.15, 0.2) is 0 Å². The maximum atomic E-state index is 11.7. The van der Waals surface area contributed by atoms with Crippen molar-refractivity contribution >= 4 is 10.9 Å². The van der Waals surface area contributed by atoms with Gasteiger partial charge in [-0.25, -0.2) is 0 Å². The molecule has 0 aromatic carbocycles. The van der Waals surface area contributed by atoms with E-state index in [1.165, 1.54) is 25.7 Å². The second-order valence-electron chi connectivity index (χ2n) is 5.06. The SMILES string of the molecule is CCCCCCCCCCC(F)(F)F.C[S+](C)C. The second-order valence-corrected chi connectivity index (χ2v) is 7.51. The van der Waals surface area contributed by atoms with Crippen molar-refractivity contribution in [3.8, 4) is 0 Å². The van der Waals surface area contributed by atoms with E-state index >= 15 is 0 Å². The Labute approximate surface area is 114 Å². The molecule has 0 bridgehead atoms. The summed E-state index contributed by atoms with van der Waals surface area (Å²) in [5, 5.41) is 0. The van der Waals surface area contributed by atoms with Crippen LogP contribution in [-0.2, 0) is 10.9 Å². The highest BCUT2D eigenvalue weighted by Gasteiger charge is 2.25. The van der Waals surface area contributed by atoms with Crippen LogP contribution in [0.25, 0.3) is 0 Å². The fourth-order valence-corrected chi connectivity index (χ4v) is 1.46. The zero-order valence-corrected chi connectivity index (χ0v) is 13.2. The van der Waals surface area contributed by atoms with E-state index < -0.39 is 12.6 Å². The maximum absolute atomic E-state index is 11.7. The summed E-state index contributed by atoms with van der Waals surface area (Å²) in [6.07, 6.45) is 9.98. The Balaban J connectivity index is 0. The van der Waals surface area contributed by atoms with Crippen molar-refractivity contribution in [1.29, 1.82) is 0 Å². The second kappa shape index (κ2) is 13.6. The molecule has 0 aromatic heterocycles. The number of rotatable bonds is 8. The van der Waals surface area contributed by atoms with Crippen molar-refractivity contribution < 1.29 is 13.2 Å². The summed E-state index contributed by atoms with van der Waals surface area (Å²) >= 11 is 0. The number of unbranched alkanes of at least 4 members (excludes halogenated alkanes) is 7. The van der Waals surface area contributed by atoms with Gasteiger partial charge in [0.2, 0.25) is 0 Å². The van der Waals surface area contributed by atoms with Crippen LogP contribution in [0.5, 0.6) is 0 Å². The standard InChI is InChI=1S/C11H21F3.C3H9S/c1-2-3-4-5-6-7-8-9-10-11(12,13)14;1-4(2)3/h2-10H2,1H3;1-3H3/q;+1. The fourth-order valence-electron chi connectivity index (χ4n) is 1.46. The minimum Gasteiger partial charge on any atom is -0.171 e. The van der Waals surface area contributed by atoms with Crippen LogP contribution in [0.2, 0.25) is 0 Å². The van der Waals surface area contributed by atoms with Gasteiger partial charge in [-0.3, -0.25) is 0 Å². The number of hydrogen-bond acceptors (Lipinski definition) is 0. The molecule has 0 rings (SSSR count). The molecule has 0 N–H and O–H groups in total. The molecule has 0 radical (unpaired) electrons. The number of hydrogen-bond donors (Lipinski definition) is 0. The first-order valence-corrected chi connectivity index (χ1v) is 9.30. The van der Waals surface area contributed by atoms with E-state index in [0.717, 1.165) is 19.3 Å². The van der Waals surface area contributed by atoms with E-state index in [1.807, 2.05) is 0 Å². The largest absolute Gasteiger partial charge is 0.389 e. The van der Waals surface area contributed by atoms with Gasteiger partial charge in [0.05, 0.1) is 18.8 Å². The van der Waals surface area contributed by atoms with Crippen molar-refractivity contribution in [1.82, 2.24) is 0 Å². The molecule has 0 aliphatic heterocycles. The Morgan fingerprint density at radius 2 is 1.06 bits per heavy atom. The van der Waals surface area contributed by atoms with Gasteiger partial charge in [0.25, 0.3) is 0 Å². The lowest BCUT2D eigenvalue weighted by Gasteiger charge is -2.05. The third kappa shape index (κ3) is 29.8. The molecule has 0 unspecified atom stereocenters. The van der Waals surface area contributed by atoms with Gasteiger partial charge in [-0.05, 0) is 17.3 Å². The highest BCUT2D eigenvalue weighted by molar-refractivity contribution is 7.94. The first kappa shape index (κ1) is 20.5. The lowest BCUT2D eigenvalue weighted by Crippen LogP contribution is -2.06. The average Bonchev–Trinajstić information content (AvgIpc) is 2.19. The molecule has 0 saturated heterocycles. The third-order valence-electron chi connectivity index (χ3n) is 2.31. The third-order valence-corrected chi connectivity index (χ3v) is 2.31. The predicted octanol–water partition coefficient (Wildman–Crippen LogP) is 5.57. The molecule has 0 nitrogen and oxygen atoms in total. The molecule has 4 heteroatoms. The smallest absolute Gasteiger partial charge is 0.171 e. The Bertz CT molecular complexity index is 153. The summed E-state index contributed by atoms with van der Waals surface area (Å²) in [5.74, 6) is 0. The topological polar surface area (TPSA) is 0 Å². The molecule has 18 heavy (non-hydrogen) atoms. The van der Waals surface area contributed by atoms with Crippen LogP contribution in [0.3, 0.4) is 0 Å². The van der Waals surface area contributed by atoms with E-state index in [4.69, 9.17) is 0 Å². The summed E-state index contributed by atoms with van der Waals surface area (Å²) in [5.41, 5.74) is 0. The van der Waals surface area contributed by atoms with Crippen molar-refractivity contribution in [3.05, 3.63) is 0 Å². The van der Waals surface area contributed by atoms with E-state index in [-0.39, 0.29) is 0 Å². The summed E-state index contributed by atoms with van der Waals surface area (Å²) < 4.78 is 35.2. The van der Waals surface area contributed by atoms with Crippen LogP contribution in [0, 0.1) is 0 Å². The Hall–Kier alpha value is 0.140. The number of alkyl halides is 3. The summed E-state index contributed by atoms with van der Waals surface area (Å²) in [7, 11) is 0.639. The van der Waals surface area contributed by atoms with Gasteiger partial charge in [-0.1, -0.05) is 51.9 Å². The molecule has 0 heterocycles. The minimum absolute atomic E-state index is 0.303.